The lowest BCUT2D eigenvalue weighted by Gasteiger charge is -2.22. The molecule has 2 rings (SSSR count). The first-order valence-corrected chi connectivity index (χ1v) is 5.83. The normalized spacial score (nSPS) is 25.6. The van der Waals surface area contributed by atoms with Gasteiger partial charge in [0, 0.05) is 8.99 Å². The van der Waals surface area contributed by atoms with E-state index in [2.05, 4.69) is 19.1 Å². The molecule has 1 aliphatic carbocycles. The topological polar surface area (TPSA) is 0 Å². The summed E-state index contributed by atoms with van der Waals surface area (Å²) in [6, 6.07) is 5.54. The van der Waals surface area contributed by atoms with E-state index in [1.54, 1.807) is 6.07 Å². The second-order valence-electron chi connectivity index (χ2n) is 3.99. The van der Waals surface area contributed by atoms with E-state index in [1.807, 2.05) is 34.7 Å². The van der Waals surface area contributed by atoms with Crippen LogP contribution in [0.5, 0.6) is 0 Å². The molecular weight excluding hydrogens is 290 g/mol. The standard InChI is InChI=1S/C12H12FI/c1-12(6-2-3-7-12)9-4-5-11(14)10(13)8-9/h2,4-6,8H,3,7H2,1H3/t12-/m0/s1. The summed E-state index contributed by atoms with van der Waals surface area (Å²) in [6.07, 6.45) is 6.56. The Balaban J connectivity index is 2.42. The fraction of sp³-hybridized carbons (Fsp3) is 0.333. The maximum Gasteiger partial charge on any atom is 0.136 e. The molecule has 1 aromatic rings. The zero-order chi connectivity index (χ0) is 10.2. The first-order chi connectivity index (χ1) is 6.62. The SMILES string of the molecule is C[C@]1(c2ccc(I)c(F)c2)C=CCC1. The molecule has 74 valence electrons. The minimum absolute atomic E-state index is 0.0468. The van der Waals surface area contributed by atoms with Crippen LogP contribution in [-0.2, 0) is 5.41 Å². The molecular formula is C12H12FI. The highest BCUT2D eigenvalue weighted by molar-refractivity contribution is 14.1. The minimum Gasteiger partial charge on any atom is -0.206 e. The monoisotopic (exact) mass is 302 g/mol. The van der Waals surface area contributed by atoms with Crippen molar-refractivity contribution >= 4 is 22.6 Å². The van der Waals surface area contributed by atoms with Gasteiger partial charge in [-0.15, -0.1) is 0 Å². The zero-order valence-corrected chi connectivity index (χ0v) is 10.2. The van der Waals surface area contributed by atoms with Gasteiger partial charge >= 0.3 is 0 Å². The third-order valence-electron chi connectivity index (χ3n) is 2.90. The number of halogens is 2. The van der Waals surface area contributed by atoms with E-state index >= 15 is 0 Å². The summed E-state index contributed by atoms with van der Waals surface area (Å²) in [6.45, 7) is 2.16. The first kappa shape index (κ1) is 10.1. The molecule has 0 aliphatic heterocycles. The highest BCUT2D eigenvalue weighted by Crippen LogP contribution is 2.35. The van der Waals surface area contributed by atoms with Gasteiger partial charge in [-0.25, -0.2) is 4.39 Å². The van der Waals surface area contributed by atoms with Crippen molar-refractivity contribution in [3.05, 3.63) is 45.3 Å². The van der Waals surface area contributed by atoms with Crippen molar-refractivity contribution < 1.29 is 4.39 Å². The molecule has 0 spiro atoms. The average Bonchev–Trinajstić information content (AvgIpc) is 2.58. The highest BCUT2D eigenvalue weighted by atomic mass is 127. The number of hydrogen-bond donors (Lipinski definition) is 0. The van der Waals surface area contributed by atoms with Crippen LogP contribution >= 0.6 is 22.6 Å². The second kappa shape index (κ2) is 3.65. The van der Waals surface area contributed by atoms with Crippen molar-refractivity contribution in [1.82, 2.24) is 0 Å². The highest BCUT2D eigenvalue weighted by Gasteiger charge is 2.26. The summed E-state index contributed by atoms with van der Waals surface area (Å²) in [5.74, 6) is -0.107. The zero-order valence-electron chi connectivity index (χ0n) is 8.06. The van der Waals surface area contributed by atoms with Crippen LogP contribution in [0.3, 0.4) is 0 Å². The summed E-state index contributed by atoms with van der Waals surface area (Å²) < 4.78 is 14.1. The Bertz CT molecular complexity index is 384. The molecule has 0 amide bonds. The lowest BCUT2D eigenvalue weighted by Crippen LogP contribution is -2.15. The Labute approximate surface area is 97.4 Å². The predicted octanol–water partition coefficient (Wildman–Crippen LogP) is 4.04. The summed E-state index contributed by atoms with van der Waals surface area (Å²) in [7, 11) is 0. The molecule has 1 aromatic carbocycles. The van der Waals surface area contributed by atoms with Crippen LogP contribution in [0.25, 0.3) is 0 Å². The molecule has 0 aromatic heterocycles. The van der Waals surface area contributed by atoms with Gasteiger partial charge in [0.2, 0.25) is 0 Å². The van der Waals surface area contributed by atoms with Gasteiger partial charge in [0.15, 0.2) is 0 Å². The largest absolute Gasteiger partial charge is 0.206 e. The second-order valence-corrected chi connectivity index (χ2v) is 5.15. The Hall–Kier alpha value is -0.380. The van der Waals surface area contributed by atoms with Gasteiger partial charge in [-0.1, -0.05) is 25.1 Å². The molecule has 0 heterocycles. The Morgan fingerprint density at radius 2 is 2.21 bits per heavy atom. The van der Waals surface area contributed by atoms with Crippen molar-refractivity contribution in [3.8, 4) is 0 Å². The van der Waals surface area contributed by atoms with Crippen LogP contribution in [0.4, 0.5) is 4.39 Å². The summed E-state index contributed by atoms with van der Waals surface area (Å²) >= 11 is 2.02. The molecule has 0 fully saturated rings. The van der Waals surface area contributed by atoms with E-state index in [0.29, 0.717) is 3.57 Å². The first-order valence-electron chi connectivity index (χ1n) is 4.75. The maximum absolute atomic E-state index is 13.4. The van der Waals surface area contributed by atoms with Crippen molar-refractivity contribution in [3.63, 3.8) is 0 Å². The molecule has 0 N–H and O–H groups in total. The molecule has 0 saturated heterocycles. The van der Waals surface area contributed by atoms with Crippen molar-refractivity contribution in [2.75, 3.05) is 0 Å². The molecule has 0 radical (unpaired) electrons. The Kier molecular flexibility index (Phi) is 2.64. The van der Waals surface area contributed by atoms with Crippen LogP contribution < -0.4 is 0 Å². The van der Waals surface area contributed by atoms with Crippen molar-refractivity contribution in [2.24, 2.45) is 0 Å². The number of hydrogen-bond acceptors (Lipinski definition) is 0. The van der Waals surface area contributed by atoms with Crippen LogP contribution in [0.2, 0.25) is 0 Å². The summed E-state index contributed by atoms with van der Waals surface area (Å²) in [5.41, 5.74) is 1.13. The van der Waals surface area contributed by atoms with Gasteiger partial charge < -0.3 is 0 Å². The quantitative estimate of drug-likeness (QED) is 0.542. The number of rotatable bonds is 1. The fourth-order valence-electron chi connectivity index (χ4n) is 1.90. The maximum atomic E-state index is 13.4. The van der Waals surface area contributed by atoms with Gasteiger partial charge in [0.05, 0.1) is 0 Å². The van der Waals surface area contributed by atoms with Gasteiger partial charge in [-0.3, -0.25) is 0 Å². The minimum atomic E-state index is -0.107. The molecule has 2 heteroatoms. The lowest BCUT2D eigenvalue weighted by molar-refractivity contribution is 0.563. The predicted molar refractivity (Wildman–Crippen MR) is 64.8 cm³/mol. The van der Waals surface area contributed by atoms with Crippen molar-refractivity contribution in [1.29, 1.82) is 0 Å². The smallest absolute Gasteiger partial charge is 0.136 e. The van der Waals surface area contributed by atoms with E-state index in [-0.39, 0.29) is 11.2 Å². The third kappa shape index (κ3) is 1.72. The Morgan fingerprint density at radius 3 is 2.79 bits per heavy atom. The fourth-order valence-corrected chi connectivity index (χ4v) is 2.24. The average molecular weight is 302 g/mol. The molecule has 1 atom stereocenters. The molecule has 0 saturated carbocycles. The van der Waals surface area contributed by atoms with E-state index in [4.69, 9.17) is 0 Å². The van der Waals surface area contributed by atoms with Crippen molar-refractivity contribution in [2.45, 2.75) is 25.2 Å². The lowest BCUT2D eigenvalue weighted by atomic mass is 9.82. The molecule has 1 aliphatic rings. The third-order valence-corrected chi connectivity index (χ3v) is 3.77. The van der Waals surface area contributed by atoms with Crippen LogP contribution in [0.15, 0.2) is 30.4 Å². The van der Waals surface area contributed by atoms with Gasteiger partial charge in [0.1, 0.15) is 5.82 Å². The van der Waals surface area contributed by atoms with E-state index < -0.39 is 0 Å². The van der Waals surface area contributed by atoms with E-state index in [1.165, 1.54) is 0 Å². The van der Waals surface area contributed by atoms with Crippen LogP contribution in [-0.4, -0.2) is 0 Å². The van der Waals surface area contributed by atoms with E-state index in [9.17, 15) is 4.39 Å². The summed E-state index contributed by atoms with van der Waals surface area (Å²) in [5, 5.41) is 0. The number of allylic oxidation sites excluding steroid dienone is 2. The Morgan fingerprint density at radius 1 is 1.43 bits per heavy atom. The molecule has 0 unspecified atom stereocenters. The van der Waals surface area contributed by atoms with E-state index in [0.717, 1.165) is 18.4 Å². The molecule has 0 nitrogen and oxygen atoms in total. The number of benzene rings is 1. The molecule has 0 bridgehead atoms. The van der Waals surface area contributed by atoms with Gasteiger partial charge in [0.25, 0.3) is 0 Å². The van der Waals surface area contributed by atoms with Crippen LogP contribution in [0.1, 0.15) is 25.3 Å². The molecule has 14 heavy (non-hydrogen) atoms. The van der Waals surface area contributed by atoms with Gasteiger partial charge in [-0.05, 0) is 53.1 Å². The summed E-state index contributed by atoms with van der Waals surface area (Å²) in [4.78, 5) is 0. The van der Waals surface area contributed by atoms with Gasteiger partial charge in [-0.2, -0.15) is 0 Å². The van der Waals surface area contributed by atoms with Crippen LogP contribution in [0, 0.1) is 9.39 Å².